The molecule has 1 amide bonds. The fraction of sp³-hybridized carbons (Fsp3) is 0.462. The van der Waals surface area contributed by atoms with Gasteiger partial charge >= 0.3 is 0 Å². The number of amides is 1. The molecule has 0 radical (unpaired) electrons. The summed E-state index contributed by atoms with van der Waals surface area (Å²) in [6, 6.07) is 7.15. The van der Waals surface area contributed by atoms with E-state index in [1.165, 1.54) is 18.7 Å². The lowest BCUT2D eigenvalue weighted by molar-refractivity contribution is -0.132. The molecule has 0 spiro atoms. The van der Waals surface area contributed by atoms with E-state index in [9.17, 15) is 13.2 Å². The average molecular weight is 284 g/mol. The molecule has 0 aliphatic heterocycles. The molecule has 1 rings (SSSR count). The van der Waals surface area contributed by atoms with Crippen LogP contribution in [-0.2, 0) is 21.2 Å². The predicted molar refractivity (Wildman–Crippen MR) is 76.3 cm³/mol. The van der Waals surface area contributed by atoms with Gasteiger partial charge in [0.05, 0.1) is 0 Å². The zero-order valence-electron chi connectivity index (χ0n) is 11.7. The largest absolute Gasteiger partial charge is 0.399 e. The Morgan fingerprint density at radius 1 is 1.37 bits per heavy atom. The Morgan fingerprint density at radius 3 is 2.42 bits per heavy atom. The van der Waals surface area contributed by atoms with Crippen molar-refractivity contribution in [1.29, 1.82) is 0 Å². The van der Waals surface area contributed by atoms with Gasteiger partial charge in [0.1, 0.15) is 4.75 Å². The van der Waals surface area contributed by atoms with Gasteiger partial charge in [0.2, 0.25) is 5.91 Å². The Labute approximate surface area is 114 Å². The molecule has 0 fully saturated rings. The van der Waals surface area contributed by atoms with Crippen LogP contribution in [0.4, 0.5) is 5.69 Å². The molecule has 5 nitrogen and oxygen atoms in total. The molecule has 1 aromatic rings. The minimum atomic E-state index is -3.46. The van der Waals surface area contributed by atoms with Crippen molar-refractivity contribution in [3.8, 4) is 0 Å². The monoisotopic (exact) mass is 284 g/mol. The van der Waals surface area contributed by atoms with Crippen LogP contribution in [0.2, 0.25) is 0 Å². The van der Waals surface area contributed by atoms with Crippen molar-refractivity contribution >= 4 is 21.4 Å². The van der Waals surface area contributed by atoms with E-state index in [1.54, 1.807) is 25.2 Å². The highest BCUT2D eigenvalue weighted by atomic mass is 32.2. The summed E-state index contributed by atoms with van der Waals surface area (Å²) in [7, 11) is -1.88. The maximum Gasteiger partial charge on any atom is 0.243 e. The molecule has 0 aromatic heterocycles. The number of anilines is 1. The second-order valence-corrected chi connectivity index (χ2v) is 7.75. The van der Waals surface area contributed by atoms with Gasteiger partial charge in [0.25, 0.3) is 0 Å². The molecule has 0 saturated heterocycles. The first-order valence-electron chi connectivity index (χ1n) is 5.85. The van der Waals surface area contributed by atoms with Crippen molar-refractivity contribution in [2.24, 2.45) is 0 Å². The lowest BCUT2D eigenvalue weighted by Crippen LogP contribution is -2.47. The van der Waals surface area contributed by atoms with E-state index in [0.29, 0.717) is 12.2 Å². The summed E-state index contributed by atoms with van der Waals surface area (Å²) in [4.78, 5) is 13.6. The van der Waals surface area contributed by atoms with Crippen LogP contribution in [0.3, 0.4) is 0 Å². The number of rotatable bonds is 4. The average Bonchev–Trinajstić information content (AvgIpc) is 2.26. The fourth-order valence-corrected chi connectivity index (χ4v) is 2.13. The van der Waals surface area contributed by atoms with Crippen molar-refractivity contribution < 1.29 is 13.2 Å². The van der Waals surface area contributed by atoms with Crippen LogP contribution < -0.4 is 5.73 Å². The predicted octanol–water partition coefficient (Wildman–Crippen LogP) is 1.05. The first-order chi connectivity index (χ1) is 8.55. The van der Waals surface area contributed by atoms with Crippen LogP contribution in [-0.4, -0.2) is 37.3 Å². The van der Waals surface area contributed by atoms with Crippen molar-refractivity contribution in [3.05, 3.63) is 29.8 Å². The van der Waals surface area contributed by atoms with Crippen LogP contribution in [0.25, 0.3) is 0 Å². The van der Waals surface area contributed by atoms with Gasteiger partial charge in [-0.05, 0) is 31.5 Å². The summed E-state index contributed by atoms with van der Waals surface area (Å²) in [6.07, 6.45) is 1.07. The van der Waals surface area contributed by atoms with Gasteiger partial charge in [-0.1, -0.05) is 12.1 Å². The molecule has 1 aromatic carbocycles. The van der Waals surface area contributed by atoms with Crippen LogP contribution >= 0.6 is 0 Å². The third-order valence-electron chi connectivity index (χ3n) is 3.16. The van der Waals surface area contributed by atoms with E-state index in [0.717, 1.165) is 11.8 Å². The number of nitrogens with zero attached hydrogens (tertiary/aromatic N) is 1. The van der Waals surface area contributed by atoms with Crippen LogP contribution in [0.5, 0.6) is 0 Å². The van der Waals surface area contributed by atoms with Crippen LogP contribution in [0.1, 0.15) is 19.4 Å². The van der Waals surface area contributed by atoms with Gasteiger partial charge in [0.15, 0.2) is 9.84 Å². The number of nitrogens with two attached hydrogens (primary N) is 1. The fourth-order valence-electron chi connectivity index (χ4n) is 1.66. The van der Waals surface area contributed by atoms with E-state index in [4.69, 9.17) is 5.73 Å². The lowest BCUT2D eigenvalue weighted by Gasteiger charge is -2.28. The number of nitrogen functional groups attached to an aromatic ring is 1. The van der Waals surface area contributed by atoms with E-state index in [-0.39, 0.29) is 0 Å². The smallest absolute Gasteiger partial charge is 0.243 e. The highest BCUT2D eigenvalue weighted by Crippen LogP contribution is 2.19. The number of sulfone groups is 1. The molecule has 106 valence electrons. The maximum absolute atomic E-state index is 12.2. The Bertz CT molecular complexity index is 579. The molecule has 0 aliphatic carbocycles. The molecule has 0 bridgehead atoms. The summed E-state index contributed by atoms with van der Waals surface area (Å²) in [5.74, 6) is -0.433. The van der Waals surface area contributed by atoms with Gasteiger partial charge in [-0.15, -0.1) is 0 Å². The molecular formula is C13H20N2O3S. The van der Waals surface area contributed by atoms with Crippen LogP contribution in [0.15, 0.2) is 24.3 Å². The summed E-state index contributed by atoms with van der Waals surface area (Å²) < 4.78 is 21.8. The normalized spacial score (nSPS) is 12.2. The maximum atomic E-state index is 12.2. The van der Waals surface area contributed by atoms with Gasteiger partial charge < -0.3 is 10.6 Å². The Hall–Kier alpha value is -1.56. The first kappa shape index (κ1) is 15.5. The quantitative estimate of drug-likeness (QED) is 0.838. The number of carbonyl (C=O) groups is 1. The van der Waals surface area contributed by atoms with Crippen LogP contribution in [0, 0.1) is 0 Å². The topological polar surface area (TPSA) is 80.5 Å². The summed E-state index contributed by atoms with van der Waals surface area (Å²) >= 11 is 0. The summed E-state index contributed by atoms with van der Waals surface area (Å²) in [5.41, 5.74) is 7.14. The molecule has 0 heterocycles. The van der Waals surface area contributed by atoms with E-state index < -0.39 is 20.5 Å². The molecule has 0 aliphatic rings. The number of benzene rings is 1. The van der Waals surface area contributed by atoms with E-state index in [1.807, 2.05) is 6.07 Å². The third-order valence-corrected chi connectivity index (χ3v) is 5.19. The second kappa shape index (κ2) is 5.21. The Balaban J connectivity index is 2.90. The third kappa shape index (κ3) is 3.47. The molecule has 0 atom stereocenters. The van der Waals surface area contributed by atoms with E-state index in [2.05, 4.69) is 0 Å². The minimum absolute atomic E-state index is 0.322. The Kier molecular flexibility index (Phi) is 4.25. The number of carbonyl (C=O) groups excluding carboxylic acids is 1. The van der Waals surface area contributed by atoms with Crippen molar-refractivity contribution in [2.45, 2.75) is 25.1 Å². The Morgan fingerprint density at radius 2 is 1.95 bits per heavy atom. The lowest BCUT2D eigenvalue weighted by atomic mass is 10.1. The molecule has 0 unspecified atom stereocenters. The van der Waals surface area contributed by atoms with E-state index >= 15 is 0 Å². The minimum Gasteiger partial charge on any atom is -0.399 e. The zero-order chi connectivity index (χ0) is 14.8. The number of hydrogen-bond donors (Lipinski definition) is 1. The molecule has 6 heteroatoms. The number of hydrogen-bond acceptors (Lipinski definition) is 4. The second-order valence-electron chi connectivity index (χ2n) is 5.19. The first-order valence-corrected chi connectivity index (χ1v) is 7.74. The zero-order valence-corrected chi connectivity index (χ0v) is 12.5. The van der Waals surface area contributed by atoms with Gasteiger partial charge in [0, 0.05) is 25.5 Å². The summed E-state index contributed by atoms with van der Waals surface area (Å²) in [5, 5.41) is 0. The highest BCUT2D eigenvalue weighted by Gasteiger charge is 2.40. The SMILES string of the molecule is CN(Cc1cccc(N)c1)C(=O)C(C)(C)S(C)(=O)=O. The van der Waals surface area contributed by atoms with Gasteiger partial charge in [-0.25, -0.2) is 8.42 Å². The molecule has 19 heavy (non-hydrogen) atoms. The summed E-state index contributed by atoms with van der Waals surface area (Å²) in [6.45, 7) is 3.16. The van der Waals surface area contributed by atoms with Crippen molar-refractivity contribution in [2.75, 3.05) is 19.0 Å². The van der Waals surface area contributed by atoms with Crippen molar-refractivity contribution in [1.82, 2.24) is 4.90 Å². The highest BCUT2D eigenvalue weighted by molar-refractivity contribution is 7.92. The standard InChI is InChI=1S/C13H20N2O3S/c1-13(2,19(4,17)18)12(16)15(3)9-10-6-5-7-11(14)8-10/h5-8H,9,14H2,1-4H3. The molecular weight excluding hydrogens is 264 g/mol. The van der Waals surface area contributed by atoms with Gasteiger partial charge in [-0.2, -0.15) is 0 Å². The van der Waals surface area contributed by atoms with Gasteiger partial charge in [-0.3, -0.25) is 4.79 Å². The van der Waals surface area contributed by atoms with Crippen molar-refractivity contribution in [3.63, 3.8) is 0 Å². The molecule has 0 saturated carbocycles. The molecule has 2 N–H and O–H groups in total.